The van der Waals surface area contributed by atoms with Crippen molar-refractivity contribution < 1.29 is 34.4 Å². The maximum absolute atomic E-state index is 12.0. The molecule has 0 saturated carbocycles. The highest BCUT2D eigenvalue weighted by atomic mass is 16.5. The molecule has 0 fully saturated rings. The second kappa shape index (κ2) is 8.35. The highest BCUT2D eigenvalue weighted by Gasteiger charge is 2.24. The van der Waals surface area contributed by atoms with Crippen LogP contribution in [-0.4, -0.2) is 53.7 Å². The van der Waals surface area contributed by atoms with E-state index in [2.05, 4.69) is 0 Å². The molecule has 0 bridgehead atoms. The molecule has 0 amide bonds. The number of aliphatic hydroxyl groups excluding tert-OH is 3. The van der Waals surface area contributed by atoms with Gasteiger partial charge in [0.15, 0.2) is 0 Å². The monoisotopic (exact) mass is 298 g/mol. The third-order valence-electron chi connectivity index (χ3n) is 2.62. The van der Waals surface area contributed by atoms with Crippen molar-refractivity contribution in [1.29, 1.82) is 0 Å². The first-order chi connectivity index (χ1) is 10.0. The lowest BCUT2D eigenvalue weighted by Gasteiger charge is -2.15. The highest BCUT2D eigenvalue weighted by Crippen LogP contribution is 2.23. The first kappa shape index (κ1) is 17.1. The molecule has 0 radical (unpaired) electrons. The number of carbonyl (C=O) groups is 2. The number of aliphatic hydroxyl groups is 3. The van der Waals surface area contributed by atoms with Crippen molar-refractivity contribution in [2.45, 2.75) is 13.0 Å². The van der Waals surface area contributed by atoms with Gasteiger partial charge >= 0.3 is 11.9 Å². The Kier molecular flexibility index (Phi) is 6.80. The summed E-state index contributed by atoms with van der Waals surface area (Å²) in [6.45, 7) is 0.320. The molecule has 0 aromatic heterocycles. The molecule has 0 saturated heterocycles. The maximum atomic E-state index is 12.0. The minimum atomic E-state index is -0.993. The number of hydrogen-bond donors (Lipinski definition) is 3. The Hall–Kier alpha value is -1.96. The fourth-order valence-corrected chi connectivity index (χ4v) is 1.74. The van der Waals surface area contributed by atoms with Crippen molar-refractivity contribution in [2.24, 2.45) is 0 Å². The maximum Gasteiger partial charge on any atom is 0.339 e. The Balaban J connectivity index is 3.20. The number of carbonyl (C=O) groups excluding carboxylic acids is 2. The zero-order valence-electron chi connectivity index (χ0n) is 11.6. The minimum Gasteiger partial charge on any atom is -0.460 e. The molecular weight excluding hydrogens is 280 g/mol. The van der Waals surface area contributed by atoms with Crippen LogP contribution in [0.1, 0.15) is 39.3 Å². The summed E-state index contributed by atoms with van der Waals surface area (Å²) in [5.41, 5.74) is 0.0464. The van der Waals surface area contributed by atoms with Crippen molar-refractivity contribution in [3.05, 3.63) is 34.9 Å². The van der Waals surface area contributed by atoms with E-state index < -0.39 is 18.0 Å². The van der Waals surface area contributed by atoms with E-state index in [1.165, 1.54) is 25.1 Å². The van der Waals surface area contributed by atoms with E-state index in [4.69, 9.17) is 19.7 Å². The number of hydrogen-bond acceptors (Lipinski definition) is 7. The summed E-state index contributed by atoms with van der Waals surface area (Å²) >= 11 is 0. The summed E-state index contributed by atoms with van der Waals surface area (Å²) < 4.78 is 9.59. The van der Waals surface area contributed by atoms with Crippen LogP contribution in [0.3, 0.4) is 0 Å². The van der Waals surface area contributed by atoms with Gasteiger partial charge in [-0.1, -0.05) is 12.1 Å². The van der Waals surface area contributed by atoms with Crippen LogP contribution in [0.2, 0.25) is 0 Å². The zero-order chi connectivity index (χ0) is 15.8. The predicted octanol–water partition coefficient (Wildman–Crippen LogP) is 0.0381. The fourth-order valence-electron chi connectivity index (χ4n) is 1.74. The Morgan fingerprint density at radius 2 is 1.67 bits per heavy atom. The summed E-state index contributed by atoms with van der Waals surface area (Å²) in [5, 5.41) is 27.1. The number of benzene rings is 1. The molecule has 1 aromatic rings. The van der Waals surface area contributed by atoms with Crippen LogP contribution in [0.5, 0.6) is 0 Å². The standard InChI is InChI=1S/C14H18O7/c1-9(17)10-3-2-4-11(13(18)20-7-5-15)12(10)14(19)21-8-6-16/h2-4,9,15-17H,5-8H2,1H3. The van der Waals surface area contributed by atoms with Gasteiger partial charge in [0.25, 0.3) is 0 Å². The zero-order valence-corrected chi connectivity index (χ0v) is 11.6. The summed E-state index contributed by atoms with van der Waals surface area (Å²) in [5.74, 6) is -1.64. The lowest BCUT2D eigenvalue weighted by molar-refractivity contribution is 0.0385. The van der Waals surface area contributed by atoms with Crippen LogP contribution in [-0.2, 0) is 9.47 Å². The van der Waals surface area contributed by atoms with E-state index in [1.54, 1.807) is 0 Å². The molecule has 1 atom stereocenters. The topological polar surface area (TPSA) is 113 Å². The quantitative estimate of drug-likeness (QED) is 0.609. The predicted molar refractivity (Wildman–Crippen MR) is 71.8 cm³/mol. The van der Waals surface area contributed by atoms with E-state index in [0.29, 0.717) is 0 Å². The van der Waals surface area contributed by atoms with Crippen molar-refractivity contribution in [1.82, 2.24) is 0 Å². The molecule has 0 aliphatic rings. The Bertz CT molecular complexity index is 496. The van der Waals surface area contributed by atoms with Crippen LogP contribution >= 0.6 is 0 Å². The van der Waals surface area contributed by atoms with Crippen molar-refractivity contribution >= 4 is 11.9 Å². The Morgan fingerprint density at radius 3 is 2.19 bits per heavy atom. The molecule has 7 heteroatoms. The molecule has 7 nitrogen and oxygen atoms in total. The van der Waals surface area contributed by atoms with Gasteiger partial charge in [-0.05, 0) is 18.6 Å². The second-order valence-electron chi connectivity index (χ2n) is 4.16. The summed E-state index contributed by atoms with van der Waals surface area (Å²) in [4.78, 5) is 23.9. The number of esters is 2. The lowest BCUT2D eigenvalue weighted by Crippen LogP contribution is -2.19. The average molecular weight is 298 g/mol. The van der Waals surface area contributed by atoms with E-state index in [0.717, 1.165) is 0 Å². The molecule has 1 unspecified atom stereocenters. The summed E-state index contributed by atoms with van der Waals surface area (Å²) in [7, 11) is 0. The van der Waals surface area contributed by atoms with Crippen LogP contribution in [0.15, 0.2) is 18.2 Å². The van der Waals surface area contributed by atoms with E-state index in [1.807, 2.05) is 0 Å². The SMILES string of the molecule is CC(O)c1cccc(C(=O)OCCO)c1C(=O)OCCO. The van der Waals surface area contributed by atoms with Crippen molar-refractivity contribution in [2.75, 3.05) is 26.4 Å². The number of rotatable bonds is 7. The molecular formula is C14H18O7. The molecule has 0 spiro atoms. The van der Waals surface area contributed by atoms with Gasteiger partial charge in [0, 0.05) is 0 Å². The van der Waals surface area contributed by atoms with Gasteiger partial charge in [0.05, 0.1) is 30.4 Å². The average Bonchev–Trinajstić information content (AvgIpc) is 2.49. The smallest absolute Gasteiger partial charge is 0.339 e. The molecule has 1 rings (SSSR count). The fraction of sp³-hybridized carbons (Fsp3) is 0.429. The number of ether oxygens (including phenoxy) is 2. The van der Waals surface area contributed by atoms with E-state index in [9.17, 15) is 14.7 Å². The van der Waals surface area contributed by atoms with Gasteiger partial charge in [-0.2, -0.15) is 0 Å². The highest BCUT2D eigenvalue weighted by molar-refractivity contribution is 6.04. The van der Waals surface area contributed by atoms with Gasteiger partial charge in [0.1, 0.15) is 13.2 Å². The molecule has 0 aliphatic heterocycles. The molecule has 1 aromatic carbocycles. The second-order valence-corrected chi connectivity index (χ2v) is 4.16. The van der Waals surface area contributed by atoms with Crippen LogP contribution < -0.4 is 0 Å². The van der Waals surface area contributed by atoms with E-state index in [-0.39, 0.29) is 43.1 Å². The first-order valence-electron chi connectivity index (χ1n) is 6.39. The normalized spacial score (nSPS) is 11.8. The van der Waals surface area contributed by atoms with Gasteiger partial charge in [0.2, 0.25) is 0 Å². The summed E-state index contributed by atoms with van der Waals surface area (Å²) in [6, 6.07) is 4.35. The largest absolute Gasteiger partial charge is 0.460 e. The van der Waals surface area contributed by atoms with Gasteiger partial charge < -0.3 is 24.8 Å². The minimum absolute atomic E-state index is 0.0650. The molecule has 3 N–H and O–H groups in total. The Labute approximate surface area is 121 Å². The van der Waals surface area contributed by atoms with Crippen LogP contribution in [0, 0.1) is 0 Å². The van der Waals surface area contributed by atoms with Crippen LogP contribution in [0.25, 0.3) is 0 Å². The Morgan fingerprint density at radius 1 is 1.10 bits per heavy atom. The molecule has 0 heterocycles. The third kappa shape index (κ3) is 4.52. The van der Waals surface area contributed by atoms with E-state index >= 15 is 0 Å². The van der Waals surface area contributed by atoms with Crippen LogP contribution in [0.4, 0.5) is 0 Å². The van der Waals surface area contributed by atoms with Gasteiger partial charge in [-0.15, -0.1) is 0 Å². The molecule has 116 valence electrons. The molecule has 21 heavy (non-hydrogen) atoms. The first-order valence-corrected chi connectivity index (χ1v) is 6.39. The van der Waals surface area contributed by atoms with Crippen molar-refractivity contribution in [3.8, 4) is 0 Å². The van der Waals surface area contributed by atoms with Gasteiger partial charge in [-0.25, -0.2) is 9.59 Å². The molecule has 0 aliphatic carbocycles. The lowest BCUT2D eigenvalue weighted by atomic mass is 9.97. The van der Waals surface area contributed by atoms with Gasteiger partial charge in [-0.3, -0.25) is 0 Å². The summed E-state index contributed by atoms with van der Waals surface area (Å²) in [6.07, 6.45) is -0.993. The van der Waals surface area contributed by atoms with Crippen molar-refractivity contribution in [3.63, 3.8) is 0 Å². The third-order valence-corrected chi connectivity index (χ3v) is 2.62.